The first-order valence-corrected chi connectivity index (χ1v) is 11.2. The summed E-state index contributed by atoms with van der Waals surface area (Å²) in [7, 11) is -3.66. The van der Waals surface area contributed by atoms with Crippen molar-refractivity contribution in [1.29, 1.82) is 0 Å². The number of rotatable bonds is 10. The van der Waals surface area contributed by atoms with E-state index in [1.807, 2.05) is 6.92 Å². The van der Waals surface area contributed by atoms with Crippen molar-refractivity contribution in [2.75, 3.05) is 25.1 Å². The van der Waals surface area contributed by atoms with Crippen LogP contribution >= 0.6 is 7.60 Å². The molecule has 0 bridgehead atoms. The Morgan fingerprint density at radius 3 is 2.20 bits per heavy atom. The van der Waals surface area contributed by atoms with Crippen LogP contribution in [-0.4, -0.2) is 26.1 Å². The molecule has 30 heavy (non-hydrogen) atoms. The quantitative estimate of drug-likeness (QED) is 0.466. The van der Waals surface area contributed by atoms with E-state index in [9.17, 15) is 13.3 Å². The molecule has 0 saturated heterocycles. The first kappa shape index (κ1) is 22.3. The fourth-order valence-corrected chi connectivity index (χ4v) is 4.94. The Kier molecular flexibility index (Phi) is 6.85. The largest absolute Gasteiger partial charge is 0.586 e. The van der Waals surface area contributed by atoms with E-state index in [1.165, 1.54) is 18.2 Å². The van der Waals surface area contributed by atoms with Gasteiger partial charge in [-0.2, -0.15) is 0 Å². The summed E-state index contributed by atoms with van der Waals surface area (Å²) in [5, 5.41) is 3.08. The number of ether oxygens (including phenoxy) is 3. The Hall–Kier alpha value is -2.35. The SMILES string of the molecule is CCOc1ccc(C(Nc2ccc3c(c2)OC(F)(F)O3)P(=O)(OCC)OCC)cc1. The van der Waals surface area contributed by atoms with Crippen molar-refractivity contribution in [2.24, 2.45) is 0 Å². The van der Waals surface area contributed by atoms with Crippen molar-refractivity contribution in [2.45, 2.75) is 32.8 Å². The normalized spacial score (nSPS) is 15.6. The topological polar surface area (TPSA) is 75.2 Å². The third-order valence-corrected chi connectivity index (χ3v) is 6.44. The highest BCUT2D eigenvalue weighted by molar-refractivity contribution is 7.54. The molecule has 3 rings (SSSR count). The van der Waals surface area contributed by atoms with Crippen LogP contribution in [0.15, 0.2) is 42.5 Å². The first-order valence-electron chi connectivity index (χ1n) is 9.58. The van der Waals surface area contributed by atoms with E-state index in [-0.39, 0.29) is 24.7 Å². The van der Waals surface area contributed by atoms with E-state index in [0.717, 1.165) is 0 Å². The minimum absolute atomic E-state index is 0.0824. The van der Waals surface area contributed by atoms with Crippen LogP contribution < -0.4 is 19.5 Å². The summed E-state index contributed by atoms with van der Waals surface area (Å²) in [5.74, 6) is -0.444. The maximum absolute atomic E-state index is 13.6. The van der Waals surface area contributed by atoms with Crippen molar-refractivity contribution in [3.63, 3.8) is 0 Å². The van der Waals surface area contributed by atoms with Crippen LogP contribution in [-0.2, 0) is 13.6 Å². The summed E-state index contributed by atoms with van der Waals surface area (Å²) in [4.78, 5) is 0. The second-order valence-electron chi connectivity index (χ2n) is 6.25. The van der Waals surface area contributed by atoms with Crippen molar-refractivity contribution in [3.8, 4) is 17.2 Å². The predicted molar refractivity (Wildman–Crippen MR) is 107 cm³/mol. The van der Waals surface area contributed by atoms with Gasteiger partial charge < -0.3 is 28.6 Å². The molecule has 1 aliphatic heterocycles. The van der Waals surface area contributed by atoms with Crippen molar-refractivity contribution in [1.82, 2.24) is 0 Å². The third-order valence-electron chi connectivity index (χ3n) is 4.15. The molecule has 164 valence electrons. The van der Waals surface area contributed by atoms with Crippen molar-refractivity contribution in [3.05, 3.63) is 48.0 Å². The standard InChI is InChI=1S/C20H24F2NO6P/c1-4-25-16-10-7-14(8-11-16)19(30(24,26-5-2)27-6-3)23-15-9-12-17-18(13-15)29-20(21,22)28-17/h7-13,19,23H,4-6H2,1-3H3. The van der Waals surface area contributed by atoms with Gasteiger partial charge in [-0.3, -0.25) is 4.57 Å². The number of anilines is 1. The lowest BCUT2D eigenvalue weighted by atomic mass is 10.2. The molecular formula is C20H24F2NO6P. The van der Waals surface area contributed by atoms with E-state index in [2.05, 4.69) is 14.8 Å². The van der Waals surface area contributed by atoms with Gasteiger partial charge in [0.1, 0.15) is 5.75 Å². The summed E-state index contributed by atoms with van der Waals surface area (Å²) >= 11 is 0. The summed E-state index contributed by atoms with van der Waals surface area (Å²) in [5.41, 5.74) is 1.00. The van der Waals surface area contributed by atoms with Gasteiger partial charge in [-0.1, -0.05) is 12.1 Å². The van der Waals surface area contributed by atoms with Crippen LogP contribution in [0.25, 0.3) is 0 Å². The average molecular weight is 443 g/mol. The maximum atomic E-state index is 13.6. The van der Waals surface area contributed by atoms with Crippen molar-refractivity contribution >= 4 is 13.3 Å². The van der Waals surface area contributed by atoms with Crippen LogP contribution in [0.2, 0.25) is 0 Å². The lowest BCUT2D eigenvalue weighted by Gasteiger charge is -2.28. The monoisotopic (exact) mass is 443 g/mol. The van der Waals surface area contributed by atoms with Crippen LogP contribution in [0.1, 0.15) is 32.1 Å². The number of fused-ring (bicyclic) bond motifs is 1. The molecule has 1 aliphatic rings. The van der Waals surface area contributed by atoms with E-state index in [1.54, 1.807) is 38.1 Å². The number of benzene rings is 2. The molecule has 2 aromatic rings. The first-order chi connectivity index (χ1) is 14.3. The Morgan fingerprint density at radius 2 is 1.60 bits per heavy atom. The second kappa shape index (κ2) is 9.20. The molecule has 2 aromatic carbocycles. The molecule has 0 aromatic heterocycles. The molecule has 0 radical (unpaired) electrons. The summed E-state index contributed by atoms with van der Waals surface area (Å²) < 4.78 is 65.6. The zero-order valence-electron chi connectivity index (χ0n) is 16.9. The number of hydrogen-bond acceptors (Lipinski definition) is 7. The smallest absolute Gasteiger partial charge is 0.494 e. The Labute approximate surface area is 173 Å². The van der Waals surface area contributed by atoms with Crippen LogP contribution in [0.5, 0.6) is 17.2 Å². The highest BCUT2D eigenvalue weighted by Gasteiger charge is 2.44. The van der Waals surface area contributed by atoms with Crippen LogP contribution in [0.3, 0.4) is 0 Å². The molecule has 0 aliphatic carbocycles. The van der Waals surface area contributed by atoms with E-state index in [4.69, 9.17) is 13.8 Å². The fourth-order valence-electron chi connectivity index (χ4n) is 3.00. The van der Waals surface area contributed by atoms with Crippen LogP contribution in [0, 0.1) is 0 Å². The molecular weight excluding hydrogens is 419 g/mol. The molecule has 1 atom stereocenters. The lowest BCUT2D eigenvalue weighted by molar-refractivity contribution is -0.286. The summed E-state index contributed by atoms with van der Waals surface area (Å²) in [6.07, 6.45) is -3.72. The zero-order chi connectivity index (χ0) is 21.8. The Balaban J connectivity index is 1.95. The number of hydrogen-bond donors (Lipinski definition) is 1. The Morgan fingerprint density at radius 1 is 0.967 bits per heavy atom. The predicted octanol–water partition coefficient (Wildman–Crippen LogP) is 5.78. The van der Waals surface area contributed by atoms with Gasteiger partial charge in [-0.25, -0.2) is 0 Å². The molecule has 1 heterocycles. The van der Waals surface area contributed by atoms with Gasteiger partial charge in [0, 0.05) is 11.8 Å². The minimum atomic E-state index is -3.72. The fraction of sp³-hybridized carbons (Fsp3) is 0.400. The van der Waals surface area contributed by atoms with Gasteiger partial charge in [0.05, 0.1) is 19.8 Å². The highest BCUT2D eigenvalue weighted by Crippen LogP contribution is 2.61. The number of alkyl halides is 2. The molecule has 0 amide bonds. The minimum Gasteiger partial charge on any atom is -0.494 e. The van der Waals surface area contributed by atoms with Gasteiger partial charge in [-0.15, -0.1) is 8.78 Å². The highest BCUT2D eigenvalue weighted by atomic mass is 31.2. The van der Waals surface area contributed by atoms with E-state index < -0.39 is 19.7 Å². The number of nitrogens with one attached hydrogen (secondary N) is 1. The second-order valence-corrected chi connectivity index (χ2v) is 8.37. The molecule has 0 spiro atoms. The zero-order valence-corrected chi connectivity index (χ0v) is 17.8. The van der Waals surface area contributed by atoms with E-state index >= 15 is 0 Å². The van der Waals surface area contributed by atoms with E-state index in [0.29, 0.717) is 23.6 Å². The molecule has 0 fully saturated rings. The van der Waals surface area contributed by atoms with Gasteiger partial charge in [0.2, 0.25) is 0 Å². The average Bonchev–Trinajstić information content (AvgIpc) is 3.00. The van der Waals surface area contributed by atoms with Crippen molar-refractivity contribution < 1.29 is 36.6 Å². The molecule has 1 unspecified atom stereocenters. The molecule has 0 saturated carbocycles. The third kappa shape index (κ3) is 5.03. The molecule has 10 heteroatoms. The van der Waals surface area contributed by atoms with Crippen LogP contribution in [0.4, 0.5) is 14.5 Å². The number of halogens is 2. The van der Waals surface area contributed by atoms with Gasteiger partial charge in [0.15, 0.2) is 17.3 Å². The summed E-state index contributed by atoms with van der Waals surface area (Å²) in [6, 6.07) is 11.2. The Bertz CT molecular complexity index is 899. The van der Waals surface area contributed by atoms with Gasteiger partial charge >= 0.3 is 13.9 Å². The maximum Gasteiger partial charge on any atom is 0.586 e. The van der Waals surface area contributed by atoms with Gasteiger partial charge in [-0.05, 0) is 50.6 Å². The lowest BCUT2D eigenvalue weighted by Crippen LogP contribution is -2.25. The van der Waals surface area contributed by atoms with Gasteiger partial charge in [0.25, 0.3) is 0 Å². The molecule has 7 nitrogen and oxygen atoms in total. The summed E-state index contributed by atoms with van der Waals surface area (Å²) in [6.45, 7) is 6.14. The molecule has 1 N–H and O–H groups in total.